The monoisotopic (exact) mass is 410 g/mol. The number of nitrogens with zero attached hydrogens (tertiary/aromatic N) is 1. The first-order chi connectivity index (χ1) is 13.1. The molecular formula is C21H34N2O4S. The van der Waals surface area contributed by atoms with Crippen molar-refractivity contribution in [3.63, 3.8) is 0 Å². The van der Waals surface area contributed by atoms with Gasteiger partial charge < -0.3 is 10.1 Å². The van der Waals surface area contributed by atoms with E-state index in [9.17, 15) is 13.2 Å². The number of ether oxygens (including phenoxy) is 1. The molecule has 1 aromatic carbocycles. The van der Waals surface area contributed by atoms with Crippen molar-refractivity contribution in [3.05, 3.63) is 28.3 Å². The fourth-order valence-corrected chi connectivity index (χ4v) is 5.83. The summed E-state index contributed by atoms with van der Waals surface area (Å²) >= 11 is 0. The third-order valence-electron chi connectivity index (χ3n) is 5.86. The number of hydrogen-bond acceptors (Lipinski definition) is 4. The summed E-state index contributed by atoms with van der Waals surface area (Å²) in [4.78, 5) is 12.9. The molecule has 1 aliphatic rings. The summed E-state index contributed by atoms with van der Waals surface area (Å²) in [6.07, 6.45) is 1.86. The second-order valence-electron chi connectivity index (χ2n) is 7.96. The summed E-state index contributed by atoms with van der Waals surface area (Å²) in [6.45, 7) is 10.9. The van der Waals surface area contributed by atoms with Crippen LogP contribution >= 0.6 is 0 Å². The van der Waals surface area contributed by atoms with Crippen LogP contribution in [0.3, 0.4) is 0 Å². The number of sulfonamides is 1. The molecule has 1 atom stereocenters. The molecule has 2 rings (SSSR count). The Bertz CT molecular complexity index is 786. The quantitative estimate of drug-likeness (QED) is 0.750. The lowest BCUT2D eigenvalue weighted by Crippen LogP contribution is -2.45. The summed E-state index contributed by atoms with van der Waals surface area (Å²) in [7, 11) is -1.92. The maximum absolute atomic E-state index is 13.3. The predicted octanol–water partition coefficient (Wildman–Crippen LogP) is 2.86. The van der Waals surface area contributed by atoms with E-state index in [4.69, 9.17) is 4.74 Å². The van der Waals surface area contributed by atoms with Gasteiger partial charge in [-0.1, -0.05) is 6.07 Å². The van der Waals surface area contributed by atoms with Gasteiger partial charge in [-0.2, -0.15) is 4.31 Å². The highest BCUT2D eigenvalue weighted by atomic mass is 32.2. The number of aryl methyl sites for hydroxylation is 2. The average molecular weight is 411 g/mol. The van der Waals surface area contributed by atoms with Crippen LogP contribution in [0.15, 0.2) is 11.0 Å². The summed E-state index contributed by atoms with van der Waals surface area (Å²) in [5, 5.41) is 3.02. The fourth-order valence-electron chi connectivity index (χ4n) is 3.78. The van der Waals surface area contributed by atoms with Gasteiger partial charge in [-0.05, 0) is 76.1 Å². The van der Waals surface area contributed by atoms with E-state index < -0.39 is 10.0 Å². The largest absolute Gasteiger partial charge is 0.385 e. The molecule has 1 heterocycles. The van der Waals surface area contributed by atoms with Gasteiger partial charge in [0.2, 0.25) is 15.9 Å². The van der Waals surface area contributed by atoms with Gasteiger partial charge in [-0.25, -0.2) is 8.42 Å². The molecule has 0 spiro atoms. The van der Waals surface area contributed by atoms with Crippen molar-refractivity contribution >= 4 is 15.9 Å². The molecule has 28 heavy (non-hydrogen) atoms. The zero-order valence-electron chi connectivity index (χ0n) is 18.0. The summed E-state index contributed by atoms with van der Waals surface area (Å²) in [6, 6.07) is 2.08. The lowest BCUT2D eigenvalue weighted by molar-refractivity contribution is -0.126. The van der Waals surface area contributed by atoms with Crippen molar-refractivity contribution < 1.29 is 17.9 Å². The molecule has 1 amide bonds. The first-order valence-electron chi connectivity index (χ1n) is 9.96. The normalized spacial score (nSPS) is 17.5. The Labute approximate surface area is 169 Å². The van der Waals surface area contributed by atoms with Crippen LogP contribution in [0.4, 0.5) is 0 Å². The van der Waals surface area contributed by atoms with E-state index in [2.05, 4.69) is 5.32 Å². The molecule has 7 heteroatoms. The first-order valence-corrected chi connectivity index (χ1v) is 11.4. The van der Waals surface area contributed by atoms with Crippen LogP contribution in [0.5, 0.6) is 0 Å². The molecule has 0 radical (unpaired) electrons. The molecule has 0 aromatic heterocycles. The smallest absolute Gasteiger partial charge is 0.243 e. The topological polar surface area (TPSA) is 75.7 Å². The Morgan fingerprint density at radius 3 is 2.21 bits per heavy atom. The van der Waals surface area contributed by atoms with Crippen LogP contribution in [0, 0.1) is 33.6 Å². The Hall–Kier alpha value is -1.44. The van der Waals surface area contributed by atoms with E-state index in [1.807, 2.05) is 40.7 Å². The van der Waals surface area contributed by atoms with Crippen LogP contribution in [0.2, 0.25) is 0 Å². The number of rotatable bonds is 7. The third-order valence-corrected chi connectivity index (χ3v) is 8.04. The second-order valence-corrected chi connectivity index (χ2v) is 9.83. The zero-order chi connectivity index (χ0) is 21.1. The molecule has 0 aliphatic carbocycles. The van der Waals surface area contributed by atoms with Crippen molar-refractivity contribution in [2.24, 2.45) is 5.92 Å². The van der Waals surface area contributed by atoms with Crippen molar-refractivity contribution in [3.8, 4) is 0 Å². The Kier molecular flexibility index (Phi) is 7.65. The maximum atomic E-state index is 13.3. The Morgan fingerprint density at radius 2 is 1.71 bits per heavy atom. The van der Waals surface area contributed by atoms with Crippen LogP contribution in [0.25, 0.3) is 0 Å². The van der Waals surface area contributed by atoms with Gasteiger partial charge in [-0.3, -0.25) is 4.79 Å². The molecule has 158 valence electrons. The van der Waals surface area contributed by atoms with Gasteiger partial charge in [0.25, 0.3) is 0 Å². The van der Waals surface area contributed by atoms with Gasteiger partial charge in [-0.15, -0.1) is 0 Å². The van der Waals surface area contributed by atoms with E-state index in [0.29, 0.717) is 37.4 Å². The molecule has 1 N–H and O–H groups in total. The van der Waals surface area contributed by atoms with Crippen LogP contribution < -0.4 is 5.32 Å². The van der Waals surface area contributed by atoms with Gasteiger partial charge in [0.15, 0.2) is 0 Å². The minimum atomic E-state index is -3.57. The van der Waals surface area contributed by atoms with E-state index in [1.54, 1.807) is 11.4 Å². The van der Waals surface area contributed by atoms with Crippen LogP contribution in [-0.2, 0) is 19.6 Å². The molecule has 0 bridgehead atoms. The lowest BCUT2D eigenvalue weighted by atomic mass is 9.97. The Balaban J connectivity index is 2.08. The Morgan fingerprint density at radius 1 is 1.18 bits per heavy atom. The molecule has 1 fully saturated rings. The molecule has 0 saturated carbocycles. The number of benzene rings is 1. The molecule has 1 aromatic rings. The number of nitrogens with one attached hydrogen (secondary N) is 1. The van der Waals surface area contributed by atoms with Gasteiger partial charge in [0, 0.05) is 38.8 Å². The van der Waals surface area contributed by atoms with Gasteiger partial charge in [0.05, 0.1) is 4.90 Å². The number of methoxy groups -OCH3 is 1. The van der Waals surface area contributed by atoms with Gasteiger partial charge in [0.1, 0.15) is 0 Å². The second kappa shape index (κ2) is 9.37. The van der Waals surface area contributed by atoms with E-state index >= 15 is 0 Å². The number of amides is 1. The number of piperidine rings is 1. The predicted molar refractivity (Wildman–Crippen MR) is 111 cm³/mol. The van der Waals surface area contributed by atoms with E-state index in [0.717, 1.165) is 28.7 Å². The van der Waals surface area contributed by atoms with Crippen LogP contribution in [-0.4, -0.2) is 51.5 Å². The molecule has 1 aliphatic heterocycles. The van der Waals surface area contributed by atoms with Crippen LogP contribution in [0.1, 0.15) is 48.4 Å². The third kappa shape index (κ3) is 4.93. The van der Waals surface area contributed by atoms with E-state index in [1.165, 1.54) is 0 Å². The number of carbonyl (C=O) groups excluding carboxylic acids is 1. The highest BCUT2D eigenvalue weighted by molar-refractivity contribution is 7.89. The van der Waals surface area contributed by atoms with Crippen molar-refractivity contribution in [1.82, 2.24) is 9.62 Å². The number of carbonyl (C=O) groups is 1. The minimum absolute atomic E-state index is 0.0133. The summed E-state index contributed by atoms with van der Waals surface area (Å²) in [5.74, 6) is -0.128. The molecule has 1 unspecified atom stereocenters. The highest BCUT2D eigenvalue weighted by Gasteiger charge is 2.34. The summed E-state index contributed by atoms with van der Waals surface area (Å²) in [5.41, 5.74) is 3.60. The van der Waals surface area contributed by atoms with Crippen molar-refractivity contribution in [1.29, 1.82) is 0 Å². The molecule has 1 saturated heterocycles. The lowest BCUT2D eigenvalue weighted by Gasteiger charge is -2.32. The zero-order valence-corrected chi connectivity index (χ0v) is 18.8. The van der Waals surface area contributed by atoms with E-state index in [-0.39, 0.29) is 17.9 Å². The first kappa shape index (κ1) is 22.8. The van der Waals surface area contributed by atoms with Gasteiger partial charge >= 0.3 is 0 Å². The molecular weight excluding hydrogens is 376 g/mol. The van der Waals surface area contributed by atoms with Crippen molar-refractivity contribution in [2.45, 2.75) is 64.8 Å². The minimum Gasteiger partial charge on any atom is -0.385 e. The van der Waals surface area contributed by atoms with Crippen molar-refractivity contribution in [2.75, 3.05) is 26.8 Å². The summed E-state index contributed by atoms with van der Waals surface area (Å²) < 4.78 is 33.2. The average Bonchev–Trinajstić information content (AvgIpc) is 2.65. The SMILES string of the molecule is COCCC(C)NC(=O)C1CCN(S(=O)(=O)c2c(C)c(C)cc(C)c2C)CC1. The highest BCUT2D eigenvalue weighted by Crippen LogP contribution is 2.31. The fraction of sp³-hybridized carbons (Fsp3) is 0.667. The number of hydrogen-bond donors (Lipinski definition) is 1. The maximum Gasteiger partial charge on any atom is 0.243 e. The molecule has 6 nitrogen and oxygen atoms in total. The standard InChI is InChI=1S/C21H34N2O4S/c1-14-13-15(2)18(5)20(17(14)4)28(25,26)23-10-7-19(8-11-23)21(24)22-16(3)9-12-27-6/h13,16,19H,7-12H2,1-6H3,(H,22,24).